The molecule has 0 saturated carbocycles. The Morgan fingerprint density at radius 3 is 2.29 bits per heavy atom. The van der Waals surface area contributed by atoms with Gasteiger partial charge in [0.15, 0.2) is 0 Å². The van der Waals surface area contributed by atoms with Gasteiger partial charge in [0.2, 0.25) is 20.0 Å². The SMILES string of the molecule is CNC(C)CNS(=O)(=O)c1cccc(S(=O)(=O)N2CCCC2)c1.Cl. The van der Waals surface area contributed by atoms with Gasteiger partial charge in [0.25, 0.3) is 0 Å². The normalized spacial score (nSPS) is 17.4. The highest BCUT2D eigenvalue weighted by Crippen LogP contribution is 2.22. The molecule has 1 aliphatic rings. The van der Waals surface area contributed by atoms with Crippen molar-refractivity contribution in [1.82, 2.24) is 14.3 Å². The van der Waals surface area contributed by atoms with E-state index in [2.05, 4.69) is 10.0 Å². The lowest BCUT2D eigenvalue weighted by molar-refractivity contribution is 0.477. The first-order chi connectivity index (χ1) is 10.8. The standard InChI is InChI=1S/C14H23N3O4S2.ClH/c1-12(15-2)11-16-22(18,19)13-6-5-7-14(10-13)23(20,21)17-8-3-4-9-17;/h5-7,10,12,15-16H,3-4,8-9,11H2,1-2H3;1H. The molecule has 1 fully saturated rings. The summed E-state index contributed by atoms with van der Waals surface area (Å²) < 4.78 is 53.5. The van der Waals surface area contributed by atoms with Gasteiger partial charge in [-0.1, -0.05) is 6.07 Å². The van der Waals surface area contributed by atoms with E-state index < -0.39 is 20.0 Å². The zero-order chi connectivity index (χ0) is 17.1. The maximum absolute atomic E-state index is 12.5. The summed E-state index contributed by atoms with van der Waals surface area (Å²) in [6, 6.07) is 5.48. The number of hydrogen-bond acceptors (Lipinski definition) is 5. The van der Waals surface area contributed by atoms with Crippen LogP contribution in [-0.4, -0.2) is 53.9 Å². The Labute approximate surface area is 150 Å². The summed E-state index contributed by atoms with van der Waals surface area (Å²) in [5.74, 6) is 0. The van der Waals surface area contributed by atoms with Crippen LogP contribution in [0, 0.1) is 0 Å². The van der Waals surface area contributed by atoms with Crippen LogP contribution in [-0.2, 0) is 20.0 Å². The summed E-state index contributed by atoms with van der Waals surface area (Å²) in [5.41, 5.74) is 0. The van der Waals surface area contributed by atoms with Crippen LogP contribution in [0.5, 0.6) is 0 Å². The highest BCUT2D eigenvalue weighted by Gasteiger charge is 2.28. The first kappa shape index (κ1) is 21.3. The molecular formula is C14H24ClN3O4S2. The van der Waals surface area contributed by atoms with Crippen molar-refractivity contribution in [3.63, 3.8) is 0 Å². The van der Waals surface area contributed by atoms with Crippen molar-refractivity contribution in [2.45, 2.75) is 35.6 Å². The van der Waals surface area contributed by atoms with Crippen molar-refractivity contribution in [1.29, 1.82) is 0 Å². The molecule has 0 radical (unpaired) electrons. The first-order valence-corrected chi connectivity index (χ1v) is 10.5. The van der Waals surface area contributed by atoms with Crippen molar-refractivity contribution in [2.75, 3.05) is 26.7 Å². The number of benzene rings is 1. The lowest BCUT2D eigenvalue weighted by atomic mass is 10.4. The van der Waals surface area contributed by atoms with Crippen LogP contribution in [0.15, 0.2) is 34.1 Å². The number of rotatable bonds is 7. The van der Waals surface area contributed by atoms with E-state index in [0.717, 1.165) is 12.8 Å². The summed E-state index contributed by atoms with van der Waals surface area (Å²) in [5, 5.41) is 2.93. The van der Waals surface area contributed by atoms with E-state index in [-0.39, 0.29) is 34.8 Å². The molecule has 7 nitrogen and oxygen atoms in total. The first-order valence-electron chi connectivity index (χ1n) is 7.54. The molecule has 1 saturated heterocycles. The molecule has 1 atom stereocenters. The van der Waals surface area contributed by atoms with Gasteiger partial charge in [-0.15, -0.1) is 12.4 Å². The van der Waals surface area contributed by atoms with Gasteiger partial charge in [-0.2, -0.15) is 4.31 Å². The van der Waals surface area contributed by atoms with Crippen molar-refractivity contribution >= 4 is 32.5 Å². The quantitative estimate of drug-likeness (QED) is 0.708. The average molecular weight is 398 g/mol. The minimum atomic E-state index is -3.74. The van der Waals surface area contributed by atoms with Crippen molar-refractivity contribution in [3.05, 3.63) is 24.3 Å². The Morgan fingerprint density at radius 2 is 1.71 bits per heavy atom. The van der Waals surface area contributed by atoms with Crippen LogP contribution in [0.1, 0.15) is 19.8 Å². The summed E-state index contributed by atoms with van der Waals surface area (Å²) >= 11 is 0. The van der Waals surface area contributed by atoms with Gasteiger partial charge < -0.3 is 5.32 Å². The molecular weight excluding hydrogens is 374 g/mol. The van der Waals surface area contributed by atoms with E-state index in [9.17, 15) is 16.8 Å². The third-order valence-electron chi connectivity index (χ3n) is 3.89. The predicted octanol–water partition coefficient (Wildman–Crippen LogP) is 0.779. The molecule has 0 amide bonds. The fourth-order valence-corrected chi connectivity index (χ4v) is 5.11. The number of nitrogens with one attached hydrogen (secondary N) is 2. The van der Waals surface area contributed by atoms with Crippen LogP contribution >= 0.6 is 12.4 Å². The molecule has 10 heteroatoms. The minimum Gasteiger partial charge on any atom is -0.316 e. The molecule has 1 aliphatic heterocycles. The Morgan fingerprint density at radius 1 is 1.12 bits per heavy atom. The van der Waals surface area contributed by atoms with E-state index in [4.69, 9.17) is 0 Å². The Hall–Kier alpha value is -0.710. The zero-order valence-electron chi connectivity index (χ0n) is 13.7. The zero-order valence-corrected chi connectivity index (χ0v) is 16.2. The second-order valence-electron chi connectivity index (χ2n) is 5.63. The van der Waals surface area contributed by atoms with Crippen molar-refractivity contribution in [2.24, 2.45) is 0 Å². The fourth-order valence-electron chi connectivity index (χ4n) is 2.30. The van der Waals surface area contributed by atoms with Gasteiger partial charge in [0, 0.05) is 25.7 Å². The third-order valence-corrected chi connectivity index (χ3v) is 7.21. The van der Waals surface area contributed by atoms with Crippen LogP contribution in [0.2, 0.25) is 0 Å². The Bertz CT molecular complexity index is 747. The topological polar surface area (TPSA) is 95.6 Å². The Balaban J connectivity index is 0.00000288. The second kappa shape index (κ2) is 8.59. The van der Waals surface area contributed by atoms with Gasteiger partial charge in [0.1, 0.15) is 0 Å². The van der Waals surface area contributed by atoms with Gasteiger partial charge in [0.05, 0.1) is 9.79 Å². The van der Waals surface area contributed by atoms with Crippen LogP contribution in [0.3, 0.4) is 0 Å². The fraction of sp³-hybridized carbons (Fsp3) is 0.571. The summed E-state index contributed by atoms with van der Waals surface area (Å²) in [7, 11) is -5.64. The van der Waals surface area contributed by atoms with Gasteiger partial charge >= 0.3 is 0 Å². The highest BCUT2D eigenvalue weighted by atomic mass is 35.5. The van der Waals surface area contributed by atoms with Crippen LogP contribution < -0.4 is 10.0 Å². The van der Waals surface area contributed by atoms with Crippen LogP contribution in [0.25, 0.3) is 0 Å². The monoisotopic (exact) mass is 397 g/mol. The number of likely N-dealkylation sites (N-methyl/N-ethyl adjacent to an activating group) is 1. The minimum absolute atomic E-state index is 0. The largest absolute Gasteiger partial charge is 0.316 e. The Kier molecular flexibility index (Phi) is 7.64. The molecule has 138 valence electrons. The summed E-state index contributed by atoms with van der Waals surface area (Å²) in [6.07, 6.45) is 1.67. The molecule has 2 N–H and O–H groups in total. The second-order valence-corrected chi connectivity index (χ2v) is 9.33. The molecule has 0 aromatic heterocycles. The van der Waals surface area contributed by atoms with Crippen LogP contribution in [0.4, 0.5) is 0 Å². The number of halogens is 1. The lowest BCUT2D eigenvalue weighted by Crippen LogP contribution is -2.37. The average Bonchev–Trinajstić information content (AvgIpc) is 3.08. The third kappa shape index (κ3) is 4.90. The molecule has 1 aromatic rings. The van der Waals surface area contributed by atoms with Gasteiger partial charge in [-0.3, -0.25) is 0 Å². The molecule has 2 rings (SSSR count). The van der Waals surface area contributed by atoms with Crippen molar-refractivity contribution in [3.8, 4) is 0 Å². The van der Waals surface area contributed by atoms with E-state index in [0.29, 0.717) is 13.1 Å². The molecule has 0 bridgehead atoms. The highest BCUT2D eigenvalue weighted by molar-refractivity contribution is 7.90. The van der Waals surface area contributed by atoms with E-state index in [1.165, 1.54) is 28.6 Å². The summed E-state index contributed by atoms with van der Waals surface area (Å²) in [4.78, 5) is -0.0231. The molecule has 1 heterocycles. The smallest absolute Gasteiger partial charge is 0.243 e. The lowest BCUT2D eigenvalue weighted by Gasteiger charge is -2.16. The van der Waals surface area contributed by atoms with Crippen molar-refractivity contribution < 1.29 is 16.8 Å². The molecule has 1 unspecified atom stereocenters. The predicted molar refractivity (Wildman–Crippen MR) is 95.4 cm³/mol. The maximum atomic E-state index is 12.5. The summed E-state index contributed by atoms with van der Waals surface area (Å²) in [6.45, 7) is 3.03. The number of hydrogen-bond donors (Lipinski definition) is 2. The molecule has 1 aromatic carbocycles. The van der Waals surface area contributed by atoms with E-state index >= 15 is 0 Å². The van der Waals surface area contributed by atoms with E-state index in [1.807, 2.05) is 6.92 Å². The van der Waals surface area contributed by atoms with Gasteiger partial charge in [-0.25, -0.2) is 21.6 Å². The number of sulfonamides is 2. The van der Waals surface area contributed by atoms with E-state index in [1.54, 1.807) is 7.05 Å². The molecule has 24 heavy (non-hydrogen) atoms. The maximum Gasteiger partial charge on any atom is 0.243 e. The number of nitrogens with zero attached hydrogens (tertiary/aromatic N) is 1. The molecule has 0 aliphatic carbocycles. The molecule has 0 spiro atoms. The van der Waals surface area contributed by atoms with Gasteiger partial charge in [-0.05, 0) is 45.0 Å².